The Labute approximate surface area is 125 Å². The number of piperidine rings is 1. The van der Waals surface area contributed by atoms with Crippen LogP contribution in [0, 0.1) is 5.82 Å². The van der Waals surface area contributed by atoms with Gasteiger partial charge in [0.2, 0.25) is 5.13 Å². The van der Waals surface area contributed by atoms with Gasteiger partial charge in [0.05, 0.1) is 5.69 Å². The van der Waals surface area contributed by atoms with Crippen molar-refractivity contribution in [1.29, 1.82) is 0 Å². The fourth-order valence-electron chi connectivity index (χ4n) is 2.52. The van der Waals surface area contributed by atoms with E-state index in [1.54, 1.807) is 12.1 Å². The van der Waals surface area contributed by atoms with Crippen LogP contribution < -0.4 is 10.6 Å². The molecule has 0 bridgehead atoms. The highest BCUT2D eigenvalue weighted by atomic mass is 35.5. The number of rotatable bonds is 2. The second kappa shape index (κ2) is 5.54. The molecule has 0 saturated carbocycles. The molecular weight excluding hydrogens is 299 g/mol. The van der Waals surface area contributed by atoms with Gasteiger partial charge in [0.1, 0.15) is 10.8 Å². The summed E-state index contributed by atoms with van der Waals surface area (Å²) >= 11 is 7.22. The highest BCUT2D eigenvalue weighted by Gasteiger charge is 2.24. The molecule has 0 atom stereocenters. The van der Waals surface area contributed by atoms with Gasteiger partial charge in [-0.15, -0.1) is 10.2 Å². The van der Waals surface area contributed by atoms with E-state index in [2.05, 4.69) is 10.2 Å². The third-order valence-corrected chi connectivity index (χ3v) is 4.70. The summed E-state index contributed by atoms with van der Waals surface area (Å²) in [6.07, 6.45) is 1.85. The minimum Gasteiger partial charge on any atom is -0.374 e. The SMILES string of the molecule is Nc1nnc(C2CCN(c3ccc(Cl)cc3F)CC2)s1. The van der Waals surface area contributed by atoms with Gasteiger partial charge in [-0.2, -0.15) is 0 Å². The smallest absolute Gasteiger partial charge is 0.203 e. The van der Waals surface area contributed by atoms with Crippen molar-refractivity contribution in [3.8, 4) is 0 Å². The van der Waals surface area contributed by atoms with E-state index in [-0.39, 0.29) is 5.82 Å². The molecule has 0 aliphatic carbocycles. The van der Waals surface area contributed by atoms with Crippen molar-refractivity contribution < 1.29 is 4.39 Å². The summed E-state index contributed by atoms with van der Waals surface area (Å²) in [4.78, 5) is 2.05. The summed E-state index contributed by atoms with van der Waals surface area (Å²) < 4.78 is 13.9. The van der Waals surface area contributed by atoms with Crippen molar-refractivity contribution in [2.45, 2.75) is 18.8 Å². The third-order valence-electron chi connectivity index (χ3n) is 3.55. The second-order valence-corrected chi connectivity index (χ2v) is 6.31. The minimum atomic E-state index is -0.267. The van der Waals surface area contributed by atoms with Crippen molar-refractivity contribution in [2.24, 2.45) is 0 Å². The van der Waals surface area contributed by atoms with Crippen LogP contribution in [-0.2, 0) is 0 Å². The molecule has 0 spiro atoms. The molecule has 2 N–H and O–H groups in total. The number of benzene rings is 1. The zero-order valence-electron chi connectivity index (χ0n) is 10.7. The lowest BCUT2D eigenvalue weighted by atomic mass is 9.97. The first-order valence-corrected chi connectivity index (χ1v) is 7.62. The van der Waals surface area contributed by atoms with E-state index in [1.165, 1.54) is 17.4 Å². The Morgan fingerprint density at radius 3 is 2.65 bits per heavy atom. The molecule has 4 nitrogen and oxygen atoms in total. The van der Waals surface area contributed by atoms with Gasteiger partial charge in [0, 0.05) is 24.0 Å². The molecule has 20 heavy (non-hydrogen) atoms. The van der Waals surface area contributed by atoms with Crippen molar-refractivity contribution in [3.63, 3.8) is 0 Å². The molecular formula is C13H14ClFN4S. The fraction of sp³-hybridized carbons (Fsp3) is 0.385. The van der Waals surface area contributed by atoms with Gasteiger partial charge in [-0.1, -0.05) is 22.9 Å². The van der Waals surface area contributed by atoms with Gasteiger partial charge in [0.15, 0.2) is 0 Å². The van der Waals surface area contributed by atoms with Crippen LogP contribution in [0.1, 0.15) is 23.8 Å². The summed E-state index contributed by atoms with van der Waals surface area (Å²) in [5, 5.41) is 9.86. The molecule has 0 unspecified atom stereocenters. The van der Waals surface area contributed by atoms with Gasteiger partial charge in [-0.3, -0.25) is 0 Å². The maximum absolute atomic E-state index is 13.9. The Hall–Kier alpha value is -1.40. The fourth-order valence-corrected chi connectivity index (χ4v) is 3.46. The molecule has 2 aromatic rings. The van der Waals surface area contributed by atoms with E-state index in [9.17, 15) is 4.39 Å². The van der Waals surface area contributed by atoms with Crippen LogP contribution in [0.25, 0.3) is 0 Å². The van der Waals surface area contributed by atoms with Gasteiger partial charge in [-0.25, -0.2) is 4.39 Å². The molecule has 3 rings (SSSR count). The summed E-state index contributed by atoms with van der Waals surface area (Å²) in [5.41, 5.74) is 6.23. The maximum atomic E-state index is 13.9. The largest absolute Gasteiger partial charge is 0.374 e. The van der Waals surface area contributed by atoms with E-state index in [0.717, 1.165) is 30.9 Å². The predicted octanol–water partition coefficient (Wildman–Crippen LogP) is 3.30. The summed E-state index contributed by atoms with van der Waals surface area (Å²) in [6.45, 7) is 1.59. The zero-order valence-corrected chi connectivity index (χ0v) is 12.3. The number of hydrogen-bond acceptors (Lipinski definition) is 5. The second-order valence-electron chi connectivity index (χ2n) is 4.84. The highest BCUT2D eigenvalue weighted by Crippen LogP contribution is 2.33. The van der Waals surface area contributed by atoms with Gasteiger partial charge in [0.25, 0.3) is 0 Å². The van der Waals surface area contributed by atoms with Crippen molar-refractivity contribution in [1.82, 2.24) is 10.2 Å². The van der Waals surface area contributed by atoms with E-state index in [1.807, 2.05) is 4.90 Å². The number of aromatic nitrogens is 2. The van der Waals surface area contributed by atoms with Crippen LogP contribution >= 0.6 is 22.9 Å². The first kappa shape index (κ1) is 13.6. The Morgan fingerprint density at radius 1 is 1.30 bits per heavy atom. The molecule has 0 radical (unpaired) electrons. The first-order chi connectivity index (χ1) is 9.63. The van der Waals surface area contributed by atoms with E-state index in [0.29, 0.717) is 21.8 Å². The minimum absolute atomic E-state index is 0.267. The molecule has 7 heteroatoms. The summed E-state index contributed by atoms with van der Waals surface area (Å²) in [7, 11) is 0. The van der Waals surface area contributed by atoms with E-state index >= 15 is 0 Å². The molecule has 1 aliphatic heterocycles. The van der Waals surface area contributed by atoms with Crippen molar-refractivity contribution in [2.75, 3.05) is 23.7 Å². The lowest BCUT2D eigenvalue weighted by Crippen LogP contribution is -2.33. The number of anilines is 2. The molecule has 1 fully saturated rings. The topological polar surface area (TPSA) is 55.0 Å². The molecule has 1 aliphatic rings. The average Bonchev–Trinajstić information content (AvgIpc) is 2.86. The summed E-state index contributed by atoms with van der Waals surface area (Å²) in [5.74, 6) is 0.104. The monoisotopic (exact) mass is 312 g/mol. The number of nitrogens with two attached hydrogens (primary N) is 1. The van der Waals surface area contributed by atoms with Crippen LogP contribution in [0.4, 0.5) is 15.2 Å². The van der Waals surface area contributed by atoms with E-state index < -0.39 is 0 Å². The Kier molecular flexibility index (Phi) is 3.76. The molecule has 1 aromatic heterocycles. The Morgan fingerprint density at radius 2 is 2.05 bits per heavy atom. The van der Waals surface area contributed by atoms with Gasteiger partial charge >= 0.3 is 0 Å². The van der Waals surface area contributed by atoms with Crippen molar-refractivity contribution >= 4 is 33.8 Å². The Balaban J connectivity index is 1.69. The number of nitrogens with zero attached hydrogens (tertiary/aromatic N) is 3. The molecule has 1 aromatic carbocycles. The maximum Gasteiger partial charge on any atom is 0.203 e. The van der Waals surface area contributed by atoms with E-state index in [4.69, 9.17) is 17.3 Å². The summed E-state index contributed by atoms with van der Waals surface area (Å²) in [6, 6.07) is 4.81. The lowest BCUT2D eigenvalue weighted by Gasteiger charge is -2.32. The van der Waals surface area contributed by atoms with Crippen LogP contribution in [0.3, 0.4) is 0 Å². The van der Waals surface area contributed by atoms with Crippen LogP contribution in [0.2, 0.25) is 5.02 Å². The Bertz CT molecular complexity index is 610. The molecule has 2 heterocycles. The van der Waals surface area contributed by atoms with Crippen LogP contribution in [0.5, 0.6) is 0 Å². The average molecular weight is 313 g/mol. The van der Waals surface area contributed by atoms with Crippen LogP contribution in [-0.4, -0.2) is 23.3 Å². The normalized spacial score (nSPS) is 16.6. The zero-order chi connectivity index (χ0) is 14.1. The first-order valence-electron chi connectivity index (χ1n) is 6.42. The predicted molar refractivity (Wildman–Crippen MR) is 79.9 cm³/mol. The quantitative estimate of drug-likeness (QED) is 0.924. The highest BCUT2D eigenvalue weighted by molar-refractivity contribution is 7.15. The molecule has 106 valence electrons. The molecule has 0 amide bonds. The number of hydrogen-bond donors (Lipinski definition) is 1. The number of nitrogen functional groups attached to an aromatic ring is 1. The molecule has 1 saturated heterocycles. The van der Waals surface area contributed by atoms with Crippen molar-refractivity contribution in [3.05, 3.63) is 34.0 Å². The van der Waals surface area contributed by atoms with Gasteiger partial charge < -0.3 is 10.6 Å². The lowest BCUT2D eigenvalue weighted by molar-refractivity contribution is 0.493. The van der Waals surface area contributed by atoms with Crippen LogP contribution in [0.15, 0.2) is 18.2 Å². The standard InChI is InChI=1S/C13H14ClFN4S/c14-9-1-2-11(10(15)7-9)19-5-3-8(4-6-19)12-17-18-13(16)20-12/h1-2,7-8H,3-6H2,(H2,16,18). The third kappa shape index (κ3) is 2.71. The number of halogens is 2. The van der Waals surface area contributed by atoms with Gasteiger partial charge in [-0.05, 0) is 31.0 Å².